The van der Waals surface area contributed by atoms with E-state index in [1.54, 1.807) is 12.4 Å². The molecule has 1 unspecified atom stereocenters. The van der Waals surface area contributed by atoms with Crippen LogP contribution in [0.3, 0.4) is 0 Å². The molecule has 0 aliphatic rings. The maximum Gasteiger partial charge on any atom is 0.0661 e. The maximum absolute atomic E-state index is 11.1. The van der Waals surface area contributed by atoms with Gasteiger partial charge < -0.3 is 15.2 Å². The fraction of sp³-hybridized carbons (Fsp3) is 0.333. The molecular formula is C15H17N2O2-. The first kappa shape index (κ1) is 13.3. The summed E-state index contributed by atoms with van der Waals surface area (Å²) < 4.78 is 0. The predicted molar refractivity (Wildman–Crippen MR) is 73.6 cm³/mol. The minimum atomic E-state index is -1.07. The number of nitrogens with one attached hydrogen (secondary N) is 1. The van der Waals surface area contributed by atoms with Crippen molar-refractivity contribution in [2.24, 2.45) is 5.92 Å². The zero-order valence-corrected chi connectivity index (χ0v) is 11.1. The maximum atomic E-state index is 11.1. The van der Waals surface area contributed by atoms with Gasteiger partial charge in [0.1, 0.15) is 0 Å². The van der Waals surface area contributed by atoms with Gasteiger partial charge in [0.25, 0.3) is 0 Å². The molecule has 4 nitrogen and oxygen atoms in total. The zero-order valence-electron chi connectivity index (χ0n) is 11.1. The van der Waals surface area contributed by atoms with Crippen LogP contribution < -0.4 is 10.4 Å². The average molecular weight is 257 g/mol. The molecule has 0 aliphatic heterocycles. The number of pyridine rings is 1. The summed E-state index contributed by atoms with van der Waals surface area (Å²) in [7, 11) is 0. The van der Waals surface area contributed by atoms with Crippen LogP contribution in [0.25, 0.3) is 10.8 Å². The Bertz CT molecular complexity index is 581. The van der Waals surface area contributed by atoms with Gasteiger partial charge in [0.2, 0.25) is 0 Å². The number of carboxylic acids is 1. The smallest absolute Gasteiger partial charge is 0.0661 e. The lowest BCUT2D eigenvalue weighted by Gasteiger charge is -2.22. The van der Waals surface area contributed by atoms with E-state index < -0.39 is 12.0 Å². The first-order chi connectivity index (χ1) is 9.06. The molecule has 2 aromatic rings. The summed E-state index contributed by atoms with van der Waals surface area (Å²) in [4.78, 5) is 15.2. The van der Waals surface area contributed by atoms with Gasteiger partial charge in [-0.1, -0.05) is 19.9 Å². The fourth-order valence-corrected chi connectivity index (χ4v) is 2.06. The molecular weight excluding hydrogens is 240 g/mol. The minimum Gasteiger partial charge on any atom is -0.548 e. The van der Waals surface area contributed by atoms with Crippen molar-refractivity contribution < 1.29 is 9.90 Å². The number of benzene rings is 1. The van der Waals surface area contributed by atoms with Gasteiger partial charge >= 0.3 is 0 Å². The van der Waals surface area contributed by atoms with E-state index >= 15 is 0 Å². The number of carbonyl (C=O) groups excluding carboxylic acids is 1. The van der Waals surface area contributed by atoms with Crippen molar-refractivity contribution in [2.45, 2.75) is 26.3 Å². The van der Waals surface area contributed by atoms with E-state index in [2.05, 4.69) is 10.3 Å². The molecule has 1 atom stereocenters. The second-order valence-electron chi connectivity index (χ2n) is 5.08. The lowest BCUT2D eigenvalue weighted by molar-refractivity contribution is -0.307. The molecule has 0 spiro atoms. The Balaban J connectivity index is 2.21. The van der Waals surface area contributed by atoms with Crippen LogP contribution in [0.15, 0.2) is 36.7 Å². The van der Waals surface area contributed by atoms with Crippen molar-refractivity contribution in [2.75, 3.05) is 5.32 Å². The normalized spacial score (nSPS) is 12.6. The summed E-state index contributed by atoms with van der Waals surface area (Å²) >= 11 is 0. The number of anilines is 1. The lowest BCUT2D eigenvalue weighted by Crippen LogP contribution is -2.41. The highest BCUT2D eigenvalue weighted by Crippen LogP contribution is 2.19. The van der Waals surface area contributed by atoms with Crippen LogP contribution in [0.4, 0.5) is 5.69 Å². The Morgan fingerprint density at radius 3 is 2.79 bits per heavy atom. The molecule has 0 aliphatic carbocycles. The van der Waals surface area contributed by atoms with Gasteiger partial charge in [-0.3, -0.25) is 4.98 Å². The molecule has 19 heavy (non-hydrogen) atoms. The highest BCUT2D eigenvalue weighted by atomic mass is 16.4. The average Bonchev–Trinajstić information content (AvgIpc) is 2.37. The van der Waals surface area contributed by atoms with Gasteiger partial charge in [-0.25, -0.2) is 0 Å². The molecule has 1 aromatic carbocycles. The molecule has 0 fully saturated rings. The second kappa shape index (κ2) is 5.69. The van der Waals surface area contributed by atoms with Crippen molar-refractivity contribution in [3.63, 3.8) is 0 Å². The number of hydrogen-bond donors (Lipinski definition) is 1. The summed E-state index contributed by atoms with van der Waals surface area (Å²) in [5, 5.41) is 16.2. The van der Waals surface area contributed by atoms with Gasteiger partial charge in [0.15, 0.2) is 0 Å². The Labute approximate surface area is 112 Å². The van der Waals surface area contributed by atoms with E-state index in [4.69, 9.17) is 0 Å². The molecule has 0 saturated carbocycles. The van der Waals surface area contributed by atoms with E-state index in [0.717, 1.165) is 16.5 Å². The first-order valence-corrected chi connectivity index (χ1v) is 6.37. The van der Waals surface area contributed by atoms with Gasteiger partial charge in [-0.05, 0) is 35.9 Å². The second-order valence-corrected chi connectivity index (χ2v) is 5.08. The number of fused-ring (bicyclic) bond motifs is 1. The number of aliphatic carboxylic acids is 1. The Kier molecular flexibility index (Phi) is 4.00. The van der Waals surface area contributed by atoms with Crippen LogP contribution in [-0.2, 0) is 4.79 Å². The van der Waals surface area contributed by atoms with E-state index in [1.807, 2.05) is 38.1 Å². The van der Waals surface area contributed by atoms with Crippen molar-refractivity contribution in [1.82, 2.24) is 4.98 Å². The fourth-order valence-electron chi connectivity index (χ4n) is 2.06. The molecule has 0 radical (unpaired) electrons. The van der Waals surface area contributed by atoms with Crippen LogP contribution in [0.5, 0.6) is 0 Å². The largest absolute Gasteiger partial charge is 0.548 e. The van der Waals surface area contributed by atoms with Crippen LogP contribution in [-0.4, -0.2) is 17.0 Å². The van der Waals surface area contributed by atoms with Crippen molar-refractivity contribution >= 4 is 22.4 Å². The quantitative estimate of drug-likeness (QED) is 0.887. The Morgan fingerprint density at radius 1 is 1.32 bits per heavy atom. The van der Waals surface area contributed by atoms with Crippen LogP contribution in [0.1, 0.15) is 20.3 Å². The molecule has 1 heterocycles. The summed E-state index contributed by atoms with van der Waals surface area (Å²) in [6.45, 7) is 3.98. The van der Waals surface area contributed by atoms with Gasteiger partial charge in [0.05, 0.1) is 12.0 Å². The predicted octanol–water partition coefficient (Wildman–Crippen LogP) is 1.81. The van der Waals surface area contributed by atoms with Crippen LogP contribution in [0.2, 0.25) is 0 Å². The summed E-state index contributed by atoms with van der Waals surface area (Å²) in [6, 6.07) is 6.97. The van der Waals surface area contributed by atoms with E-state index in [1.165, 1.54) is 0 Å². The van der Waals surface area contributed by atoms with E-state index in [0.29, 0.717) is 6.42 Å². The molecule has 1 aromatic heterocycles. The molecule has 0 bridgehead atoms. The van der Waals surface area contributed by atoms with Crippen molar-refractivity contribution in [3.05, 3.63) is 36.7 Å². The van der Waals surface area contributed by atoms with Gasteiger partial charge in [-0.2, -0.15) is 0 Å². The number of aromatic nitrogens is 1. The zero-order chi connectivity index (χ0) is 13.8. The SMILES string of the molecule is CC(C)CC(Nc1ccc2ccncc2c1)C(=O)[O-]. The number of nitrogens with zero attached hydrogens (tertiary/aromatic N) is 1. The molecule has 0 saturated heterocycles. The highest BCUT2D eigenvalue weighted by Gasteiger charge is 2.12. The third kappa shape index (κ3) is 3.44. The first-order valence-electron chi connectivity index (χ1n) is 6.37. The topological polar surface area (TPSA) is 65.0 Å². The van der Waals surface area contributed by atoms with E-state index in [-0.39, 0.29) is 5.92 Å². The molecule has 4 heteroatoms. The number of hydrogen-bond acceptors (Lipinski definition) is 4. The van der Waals surface area contributed by atoms with Crippen molar-refractivity contribution in [1.29, 1.82) is 0 Å². The minimum absolute atomic E-state index is 0.289. The Hall–Kier alpha value is -2.10. The van der Waals surface area contributed by atoms with Crippen LogP contribution >= 0.6 is 0 Å². The van der Waals surface area contributed by atoms with Gasteiger partial charge in [0, 0.05) is 23.5 Å². The molecule has 2 rings (SSSR count). The summed E-state index contributed by atoms with van der Waals surface area (Å²) in [5.74, 6) is -0.780. The number of carboxylic acid groups (broad SMARTS) is 1. The Morgan fingerprint density at radius 2 is 2.11 bits per heavy atom. The molecule has 100 valence electrons. The standard InChI is InChI=1S/C15H18N2O2/c1-10(2)7-14(15(18)19)17-13-4-3-11-5-6-16-9-12(11)8-13/h3-6,8-10,14,17H,7H2,1-2H3,(H,18,19)/p-1. The lowest BCUT2D eigenvalue weighted by atomic mass is 10.0. The third-order valence-corrected chi connectivity index (χ3v) is 2.97. The molecule has 0 amide bonds. The van der Waals surface area contributed by atoms with Crippen LogP contribution in [0, 0.1) is 5.92 Å². The van der Waals surface area contributed by atoms with Crippen molar-refractivity contribution in [3.8, 4) is 0 Å². The third-order valence-electron chi connectivity index (χ3n) is 2.97. The highest BCUT2D eigenvalue weighted by molar-refractivity contribution is 5.85. The summed E-state index contributed by atoms with van der Waals surface area (Å²) in [6.07, 6.45) is 4.03. The monoisotopic (exact) mass is 257 g/mol. The summed E-state index contributed by atoms with van der Waals surface area (Å²) in [5.41, 5.74) is 0.773. The molecule has 1 N–H and O–H groups in total. The number of rotatable bonds is 5. The number of carbonyl (C=O) groups is 1. The van der Waals surface area contributed by atoms with E-state index in [9.17, 15) is 9.90 Å². The van der Waals surface area contributed by atoms with Gasteiger partial charge in [-0.15, -0.1) is 0 Å².